The Morgan fingerprint density at radius 3 is 2.64 bits per heavy atom. The van der Waals surface area contributed by atoms with Gasteiger partial charge in [-0.15, -0.1) is 0 Å². The molecule has 1 aliphatic heterocycles. The van der Waals surface area contributed by atoms with Crippen molar-refractivity contribution in [2.24, 2.45) is 12.5 Å². The lowest BCUT2D eigenvalue weighted by Gasteiger charge is -2.33. The zero-order chi connectivity index (χ0) is 18.8. The number of rotatable bonds is 6. The molecule has 0 aromatic carbocycles. The van der Waals surface area contributed by atoms with E-state index in [2.05, 4.69) is 10.4 Å². The molecule has 1 unspecified atom stereocenters. The summed E-state index contributed by atoms with van der Waals surface area (Å²) >= 11 is 0. The molecule has 0 bridgehead atoms. The molecule has 2 N–H and O–H groups in total. The van der Waals surface area contributed by atoms with Crippen LogP contribution < -0.4 is 10.2 Å². The number of piperidine rings is 1. The first-order valence-corrected chi connectivity index (χ1v) is 8.42. The van der Waals surface area contributed by atoms with Crippen LogP contribution >= 0.6 is 0 Å². The van der Waals surface area contributed by atoms with Gasteiger partial charge in [0.1, 0.15) is 11.9 Å². The molecule has 25 heavy (non-hydrogen) atoms. The standard InChI is InChI=1S/C17H26N4O4/c1-11-8-14(20(4)19-11)21-7-5-6-12(16(21)25)18-13(22)9-17(2,3)10-15(23)24/h8,12H,5-7,9-10H2,1-4H3,(H,18,22)(H,23,24). The van der Waals surface area contributed by atoms with Gasteiger partial charge in [0.05, 0.1) is 12.1 Å². The van der Waals surface area contributed by atoms with Crippen LogP contribution in [0.3, 0.4) is 0 Å². The maximum atomic E-state index is 12.7. The fourth-order valence-electron chi connectivity index (χ4n) is 3.24. The molecule has 0 saturated carbocycles. The zero-order valence-corrected chi connectivity index (χ0v) is 15.2. The van der Waals surface area contributed by atoms with Crippen LogP contribution in [0.2, 0.25) is 0 Å². The van der Waals surface area contributed by atoms with E-state index in [-0.39, 0.29) is 24.7 Å². The van der Waals surface area contributed by atoms with E-state index in [1.165, 1.54) is 0 Å². The Morgan fingerprint density at radius 1 is 1.40 bits per heavy atom. The number of nitrogens with zero attached hydrogens (tertiary/aromatic N) is 3. The van der Waals surface area contributed by atoms with E-state index < -0.39 is 17.4 Å². The highest BCUT2D eigenvalue weighted by Gasteiger charge is 2.33. The van der Waals surface area contributed by atoms with Gasteiger partial charge in [-0.3, -0.25) is 24.0 Å². The summed E-state index contributed by atoms with van der Waals surface area (Å²) in [6, 6.07) is 1.26. The fourth-order valence-corrected chi connectivity index (χ4v) is 3.24. The van der Waals surface area contributed by atoms with Crippen molar-refractivity contribution in [3.63, 3.8) is 0 Å². The smallest absolute Gasteiger partial charge is 0.303 e. The first-order chi connectivity index (χ1) is 11.6. The zero-order valence-electron chi connectivity index (χ0n) is 15.2. The molecular weight excluding hydrogens is 324 g/mol. The molecule has 1 fully saturated rings. The molecule has 1 aromatic heterocycles. The minimum atomic E-state index is -0.940. The molecule has 2 heterocycles. The summed E-state index contributed by atoms with van der Waals surface area (Å²) in [5, 5.41) is 15.9. The highest BCUT2D eigenvalue weighted by molar-refractivity contribution is 5.99. The van der Waals surface area contributed by atoms with Crippen LogP contribution in [-0.2, 0) is 21.4 Å². The second kappa shape index (κ2) is 7.25. The van der Waals surface area contributed by atoms with Crippen LogP contribution in [0, 0.1) is 12.3 Å². The van der Waals surface area contributed by atoms with Gasteiger partial charge in [0.2, 0.25) is 5.91 Å². The van der Waals surface area contributed by atoms with E-state index in [0.717, 1.165) is 12.1 Å². The molecule has 0 spiro atoms. The molecule has 8 heteroatoms. The first kappa shape index (κ1) is 19.0. The third-order valence-corrected chi connectivity index (χ3v) is 4.30. The van der Waals surface area contributed by atoms with Crippen molar-refractivity contribution >= 4 is 23.6 Å². The van der Waals surface area contributed by atoms with Gasteiger partial charge in [-0.2, -0.15) is 5.10 Å². The number of carbonyl (C=O) groups excluding carboxylic acids is 2. The largest absolute Gasteiger partial charge is 0.481 e. The van der Waals surface area contributed by atoms with Crippen molar-refractivity contribution in [3.05, 3.63) is 11.8 Å². The second-order valence-corrected chi connectivity index (χ2v) is 7.43. The Kier molecular flexibility index (Phi) is 5.49. The minimum Gasteiger partial charge on any atom is -0.481 e. The van der Waals surface area contributed by atoms with Crippen molar-refractivity contribution in [2.45, 2.75) is 52.5 Å². The van der Waals surface area contributed by atoms with Crippen LogP contribution in [0.15, 0.2) is 6.07 Å². The first-order valence-electron chi connectivity index (χ1n) is 8.42. The van der Waals surface area contributed by atoms with E-state index in [1.54, 1.807) is 30.5 Å². The summed E-state index contributed by atoms with van der Waals surface area (Å²) in [6.45, 7) is 5.92. The van der Waals surface area contributed by atoms with E-state index in [9.17, 15) is 14.4 Å². The maximum Gasteiger partial charge on any atom is 0.303 e. The summed E-state index contributed by atoms with van der Waals surface area (Å²) in [5.74, 6) is -0.678. The number of hydrogen-bond donors (Lipinski definition) is 2. The summed E-state index contributed by atoms with van der Waals surface area (Å²) < 4.78 is 1.66. The molecule has 0 aliphatic carbocycles. The van der Waals surface area contributed by atoms with Gasteiger partial charge in [0, 0.05) is 26.1 Å². The summed E-state index contributed by atoms with van der Waals surface area (Å²) in [4.78, 5) is 37.5. The van der Waals surface area contributed by atoms with Crippen molar-refractivity contribution in [1.29, 1.82) is 0 Å². The number of carbonyl (C=O) groups is 3. The number of amides is 2. The molecule has 1 atom stereocenters. The second-order valence-electron chi connectivity index (χ2n) is 7.43. The number of aliphatic carboxylic acids is 1. The van der Waals surface area contributed by atoms with Gasteiger partial charge < -0.3 is 10.4 Å². The van der Waals surface area contributed by atoms with Crippen molar-refractivity contribution in [2.75, 3.05) is 11.4 Å². The Labute approximate surface area is 147 Å². The molecule has 0 radical (unpaired) electrons. The maximum absolute atomic E-state index is 12.7. The number of anilines is 1. The summed E-state index contributed by atoms with van der Waals surface area (Å²) in [5.41, 5.74) is 0.166. The Bertz CT molecular complexity index is 680. The van der Waals surface area contributed by atoms with Crippen LogP contribution in [0.25, 0.3) is 0 Å². The van der Waals surface area contributed by atoms with Crippen LogP contribution in [0.1, 0.15) is 45.2 Å². The SMILES string of the molecule is Cc1cc(N2CCCC(NC(=O)CC(C)(C)CC(=O)O)C2=O)n(C)n1. The molecule has 1 aliphatic rings. The normalized spacial score (nSPS) is 18.3. The van der Waals surface area contributed by atoms with E-state index >= 15 is 0 Å². The number of carboxylic acid groups (broad SMARTS) is 1. The highest BCUT2D eigenvalue weighted by atomic mass is 16.4. The number of nitrogens with one attached hydrogen (secondary N) is 1. The molecule has 2 rings (SSSR count). The monoisotopic (exact) mass is 350 g/mol. The molecule has 1 saturated heterocycles. The van der Waals surface area contributed by atoms with Crippen molar-refractivity contribution < 1.29 is 19.5 Å². The summed E-state index contributed by atoms with van der Waals surface area (Å²) in [6.07, 6.45) is 1.32. The Balaban J connectivity index is 2.02. The van der Waals surface area contributed by atoms with Gasteiger partial charge in [-0.25, -0.2) is 0 Å². The van der Waals surface area contributed by atoms with Gasteiger partial charge >= 0.3 is 5.97 Å². The lowest BCUT2D eigenvalue weighted by atomic mass is 9.85. The van der Waals surface area contributed by atoms with Gasteiger partial charge in [-0.05, 0) is 25.2 Å². The van der Waals surface area contributed by atoms with Crippen LogP contribution in [0.5, 0.6) is 0 Å². The quantitative estimate of drug-likeness (QED) is 0.803. The third kappa shape index (κ3) is 4.80. The number of aryl methyl sites for hydroxylation is 2. The topological polar surface area (TPSA) is 105 Å². The minimum absolute atomic E-state index is 0.0634. The van der Waals surface area contributed by atoms with Gasteiger partial charge in [0.15, 0.2) is 0 Å². The predicted octanol–water partition coefficient (Wildman–Crippen LogP) is 1.23. The highest BCUT2D eigenvalue weighted by Crippen LogP contribution is 2.26. The molecule has 8 nitrogen and oxygen atoms in total. The van der Waals surface area contributed by atoms with E-state index in [0.29, 0.717) is 18.8 Å². The summed E-state index contributed by atoms with van der Waals surface area (Å²) in [7, 11) is 1.78. The number of aromatic nitrogens is 2. The molecule has 1 aromatic rings. The average molecular weight is 350 g/mol. The molecule has 2 amide bonds. The van der Waals surface area contributed by atoms with Crippen LogP contribution in [0.4, 0.5) is 5.82 Å². The fraction of sp³-hybridized carbons (Fsp3) is 0.647. The van der Waals surface area contributed by atoms with Gasteiger partial charge in [0.25, 0.3) is 5.91 Å². The Hall–Kier alpha value is -2.38. The van der Waals surface area contributed by atoms with E-state index in [4.69, 9.17) is 5.11 Å². The van der Waals surface area contributed by atoms with Crippen molar-refractivity contribution in [3.8, 4) is 0 Å². The Morgan fingerprint density at radius 2 is 2.08 bits per heavy atom. The molecular formula is C17H26N4O4. The average Bonchev–Trinajstić information content (AvgIpc) is 2.77. The third-order valence-electron chi connectivity index (χ3n) is 4.30. The van der Waals surface area contributed by atoms with Crippen LogP contribution in [-0.4, -0.2) is 45.3 Å². The lowest BCUT2D eigenvalue weighted by Crippen LogP contribution is -2.53. The van der Waals surface area contributed by atoms with Gasteiger partial charge in [-0.1, -0.05) is 13.8 Å². The number of hydrogen-bond acceptors (Lipinski definition) is 4. The number of carboxylic acids is 1. The van der Waals surface area contributed by atoms with Crippen molar-refractivity contribution in [1.82, 2.24) is 15.1 Å². The molecule has 138 valence electrons. The predicted molar refractivity (Wildman–Crippen MR) is 92.1 cm³/mol. The van der Waals surface area contributed by atoms with E-state index in [1.807, 2.05) is 13.0 Å². The lowest BCUT2D eigenvalue weighted by molar-refractivity contribution is -0.140.